The van der Waals surface area contributed by atoms with E-state index >= 15 is 0 Å². The molecule has 0 aliphatic heterocycles. The van der Waals surface area contributed by atoms with Crippen molar-refractivity contribution < 1.29 is 9.90 Å². The van der Waals surface area contributed by atoms with Gasteiger partial charge in [0.05, 0.1) is 6.04 Å². The van der Waals surface area contributed by atoms with Crippen molar-refractivity contribution in [1.29, 1.82) is 0 Å². The van der Waals surface area contributed by atoms with Crippen LogP contribution >= 0.6 is 0 Å². The van der Waals surface area contributed by atoms with Crippen LogP contribution in [0.3, 0.4) is 0 Å². The van der Waals surface area contributed by atoms with Crippen LogP contribution in [-0.2, 0) is 4.79 Å². The van der Waals surface area contributed by atoms with Gasteiger partial charge in [-0.05, 0) is 24.6 Å². The predicted molar refractivity (Wildman–Crippen MR) is 68.7 cm³/mol. The summed E-state index contributed by atoms with van der Waals surface area (Å²) in [5, 5.41) is 9.23. The maximum Gasteiger partial charge on any atom is 0.228 e. The molecule has 0 saturated heterocycles. The van der Waals surface area contributed by atoms with Gasteiger partial charge < -0.3 is 10.0 Å². The van der Waals surface area contributed by atoms with Crippen molar-refractivity contribution in [1.82, 2.24) is 4.90 Å². The van der Waals surface area contributed by atoms with Crippen LogP contribution < -0.4 is 0 Å². The van der Waals surface area contributed by atoms with Gasteiger partial charge in [-0.25, -0.2) is 0 Å². The average Bonchev–Trinajstić information content (AvgIpc) is 2.26. The monoisotopic (exact) mass is 235 g/mol. The molecular formula is C14H21NO2. The summed E-state index contributed by atoms with van der Waals surface area (Å²) in [7, 11) is 1.81. The fourth-order valence-electron chi connectivity index (χ4n) is 1.68. The van der Waals surface area contributed by atoms with Crippen LogP contribution in [0, 0.1) is 5.41 Å². The van der Waals surface area contributed by atoms with E-state index in [1.165, 1.54) is 0 Å². The molecule has 0 aromatic heterocycles. The lowest BCUT2D eigenvalue weighted by Gasteiger charge is -2.31. The van der Waals surface area contributed by atoms with Crippen LogP contribution in [0.15, 0.2) is 24.3 Å². The van der Waals surface area contributed by atoms with Gasteiger partial charge in [0.25, 0.3) is 0 Å². The van der Waals surface area contributed by atoms with Crippen molar-refractivity contribution in [2.75, 3.05) is 7.05 Å². The summed E-state index contributed by atoms with van der Waals surface area (Å²) in [6.45, 7) is 7.72. The highest BCUT2D eigenvalue weighted by atomic mass is 16.3. The van der Waals surface area contributed by atoms with Crippen molar-refractivity contribution in [3.8, 4) is 5.75 Å². The lowest BCUT2D eigenvalue weighted by atomic mass is 9.93. The third-order valence-corrected chi connectivity index (χ3v) is 2.92. The summed E-state index contributed by atoms with van der Waals surface area (Å²) in [4.78, 5) is 13.9. The first-order chi connectivity index (χ1) is 7.73. The largest absolute Gasteiger partial charge is 0.508 e. The number of rotatable bonds is 2. The van der Waals surface area contributed by atoms with Gasteiger partial charge in [0.2, 0.25) is 5.91 Å². The van der Waals surface area contributed by atoms with E-state index in [0.717, 1.165) is 5.56 Å². The number of amides is 1. The first kappa shape index (κ1) is 13.6. The van der Waals surface area contributed by atoms with Gasteiger partial charge in [-0.15, -0.1) is 0 Å². The third-order valence-electron chi connectivity index (χ3n) is 2.92. The van der Waals surface area contributed by atoms with Gasteiger partial charge in [-0.1, -0.05) is 32.9 Å². The molecule has 0 fully saturated rings. The van der Waals surface area contributed by atoms with Crippen LogP contribution in [0.5, 0.6) is 5.75 Å². The number of hydrogen-bond donors (Lipinski definition) is 1. The molecule has 0 spiro atoms. The second kappa shape index (κ2) is 4.78. The molecule has 94 valence electrons. The van der Waals surface area contributed by atoms with Crippen molar-refractivity contribution in [2.24, 2.45) is 5.41 Å². The molecule has 0 aliphatic carbocycles. The standard InChI is InChI=1S/C14H21NO2/c1-10(11-6-8-12(16)9-7-11)15(5)13(17)14(2,3)4/h6-10,16H,1-5H3. The predicted octanol–water partition coefficient (Wildman–Crippen LogP) is 2.96. The van der Waals surface area contributed by atoms with Crippen LogP contribution in [-0.4, -0.2) is 23.0 Å². The molecular weight excluding hydrogens is 214 g/mol. The van der Waals surface area contributed by atoms with Gasteiger partial charge in [-0.2, -0.15) is 0 Å². The second-order valence-corrected chi connectivity index (χ2v) is 5.43. The average molecular weight is 235 g/mol. The number of carbonyl (C=O) groups is 1. The zero-order valence-corrected chi connectivity index (χ0v) is 11.2. The smallest absolute Gasteiger partial charge is 0.228 e. The quantitative estimate of drug-likeness (QED) is 0.856. The summed E-state index contributed by atoms with van der Waals surface area (Å²) in [6, 6.07) is 6.96. The molecule has 1 aromatic carbocycles. The Labute approximate surface area is 103 Å². The van der Waals surface area contributed by atoms with Gasteiger partial charge in [-0.3, -0.25) is 4.79 Å². The Balaban J connectivity index is 2.87. The molecule has 3 heteroatoms. The molecule has 1 rings (SSSR count). The summed E-state index contributed by atoms with van der Waals surface area (Å²) in [5.74, 6) is 0.351. The molecule has 1 atom stereocenters. The minimum Gasteiger partial charge on any atom is -0.508 e. The zero-order valence-electron chi connectivity index (χ0n) is 11.2. The van der Waals surface area contributed by atoms with E-state index in [1.807, 2.05) is 46.9 Å². The minimum atomic E-state index is -0.375. The highest BCUT2D eigenvalue weighted by Gasteiger charge is 2.28. The Morgan fingerprint density at radius 3 is 2.12 bits per heavy atom. The Morgan fingerprint density at radius 1 is 1.24 bits per heavy atom. The number of hydrogen-bond acceptors (Lipinski definition) is 2. The normalized spacial score (nSPS) is 13.2. The van der Waals surface area contributed by atoms with Crippen molar-refractivity contribution >= 4 is 5.91 Å². The first-order valence-corrected chi connectivity index (χ1v) is 5.79. The molecule has 1 unspecified atom stereocenters. The van der Waals surface area contributed by atoms with E-state index in [1.54, 1.807) is 17.0 Å². The number of nitrogens with zero attached hydrogens (tertiary/aromatic N) is 1. The van der Waals surface area contributed by atoms with Crippen LogP contribution in [0.4, 0.5) is 0 Å². The van der Waals surface area contributed by atoms with E-state index in [9.17, 15) is 9.90 Å². The molecule has 0 bridgehead atoms. The Hall–Kier alpha value is -1.51. The molecule has 17 heavy (non-hydrogen) atoms. The lowest BCUT2D eigenvalue weighted by molar-refractivity contribution is -0.140. The Kier molecular flexibility index (Phi) is 3.81. The zero-order chi connectivity index (χ0) is 13.2. The van der Waals surface area contributed by atoms with E-state index in [2.05, 4.69) is 0 Å². The molecule has 0 saturated carbocycles. The fraction of sp³-hybridized carbons (Fsp3) is 0.500. The Bertz CT molecular complexity index is 390. The first-order valence-electron chi connectivity index (χ1n) is 5.79. The van der Waals surface area contributed by atoms with Crippen molar-refractivity contribution in [3.05, 3.63) is 29.8 Å². The fourth-order valence-corrected chi connectivity index (χ4v) is 1.68. The molecule has 1 aromatic rings. The molecule has 1 amide bonds. The van der Waals surface area contributed by atoms with Crippen molar-refractivity contribution in [2.45, 2.75) is 33.7 Å². The number of phenolic OH excluding ortho intramolecular Hbond substituents is 1. The van der Waals surface area contributed by atoms with E-state index < -0.39 is 0 Å². The van der Waals surface area contributed by atoms with Gasteiger partial charge in [0.15, 0.2) is 0 Å². The molecule has 1 N–H and O–H groups in total. The van der Waals surface area contributed by atoms with Crippen LogP contribution in [0.2, 0.25) is 0 Å². The Morgan fingerprint density at radius 2 is 1.71 bits per heavy atom. The summed E-state index contributed by atoms with van der Waals surface area (Å²) in [5.41, 5.74) is 0.642. The number of benzene rings is 1. The highest BCUT2D eigenvalue weighted by molar-refractivity contribution is 5.81. The van der Waals surface area contributed by atoms with Crippen molar-refractivity contribution in [3.63, 3.8) is 0 Å². The van der Waals surface area contributed by atoms with Gasteiger partial charge in [0, 0.05) is 12.5 Å². The summed E-state index contributed by atoms with van der Waals surface area (Å²) >= 11 is 0. The lowest BCUT2D eigenvalue weighted by Crippen LogP contribution is -2.38. The summed E-state index contributed by atoms with van der Waals surface area (Å²) in [6.07, 6.45) is 0. The van der Waals surface area contributed by atoms with Gasteiger partial charge in [0.1, 0.15) is 5.75 Å². The van der Waals surface area contributed by atoms with E-state index in [-0.39, 0.29) is 23.1 Å². The second-order valence-electron chi connectivity index (χ2n) is 5.43. The SMILES string of the molecule is CC(c1ccc(O)cc1)N(C)C(=O)C(C)(C)C. The molecule has 0 aliphatic rings. The summed E-state index contributed by atoms with van der Waals surface area (Å²) < 4.78 is 0. The molecule has 0 heterocycles. The number of aromatic hydroxyl groups is 1. The number of carbonyl (C=O) groups excluding carboxylic acids is 1. The van der Waals surface area contributed by atoms with Gasteiger partial charge >= 0.3 is 0 Å². The highest BCUT2D eigenvalue weighted by Crippen LogP contribution is 2.25. The molecule has 3 nitrogen and oxygen atoms in total. The van der Waals surface area contributed by atoms with E-state index in [0.29, 0.717) is 0 Å². The minimum absolute atomic E-state index is 0.00215. The van der Waals surface area contributed by atoms with Crippen LogP contribution in [0.1, 0.15) is 39.3 Å². The molecule has 0 radical (unpaired) electrons. The topological polar surface area (TPSA) is 40.5 Å². The van der Waals surface area contributed by atoms with Crippen LogP contribution in [0.25, 0.3) is 0 Å². The van der Waals surface area contributed by atoms with E-state index in [4.69, 9.17) is 0 Å². The maximum absolute atomic E-state index is 12.1. The maximum atomic E-state index is 12.1. The third kappa shape index (κ3) is 3.22. The number of phenols is 1.